The highest BCUT2D eigenvalue weighted by Gasteiger charge is 2.18. The first kappa shape index (κ1) is 18.7. The number of fused-ring (bicyclic) bond motifs is 7. The van der Waals surface area contributed by atoms with Crippen molar-refractivity contribution in [2.45, 2.75) is 0 Å². The van der Waals surface area contributed by atoms with E-state index < -0.39 is 0 Å². The number of para-hydroxylation sites is 2. The summed E-state index contributed by atoms with van der Waals surface area (Å²) in [5.41, 5.74) is 7.54. The molecule has 0 fully saturated rings. The van der Waals surface area contributed by atoms with Crippen LogP contribution in [0.5, 0.6) is 0 Å². The number of hydrogen-bond acceptors (Lipinski definition) is 3. The lowest BCUT2D eigenvalue weighted by Gasteiger charge is -2.10. The SMILES string of the molecule is N#Cc1ccc(-c2cccc(-n3c4ccccc4c4c5oc6ccccc6c5ccc43)c2)cn1. The average molecular weight is 435 g/mol. The molecule has 0 amide bonds. The van der Waals surface area contributed by atoms with Gasteiger partial charge in [0.2, 0.25) is 0 Å². The predicted octanol–water partition coefficient (Wildman–Crippen LogP) is 7.62. The summed E-state index contributed by atoms with van der Waals surface area (Å²) in [5.74, 6) is 0. The van der Waals surface area contributed by atoms with Crippen molar-refractivity contribution >= 4 is 43.7 Å². The van der Waals surface area contributed by atoms with Crippen LogP contribution in [-0.2, 0) is 0 Å². The van der Waals surface area contributed by atoms with Crippen LogP contribution < -0.4 is 0 Å². The Morgan fingerprint density at radius 3 is 2.41 bits per heavy atom. The van der Waals surface area contributed by atoms with Crippen LogP contribution in [0.1, 0.15) is 5.69 Å². The summed E-state index contributed by atoms with van der Waals surface area (Å²) in [5, 5.41) is 13.6. The first-order valence-corrected chi connectivity index (χ1v) is 11.1. The highest BCUT2D eigenvalue weighted by Crippen LogP contribution is 2.40. The van der Waals surface area contributed by atoms with Gasteiger partial charge in [-0.05, 0) is 54.1 Å². The van der Waals surface area contributed by atoms with E-state index in [1.165, 1.54) is 0 Å². The van der Waals surface area contributed by atoms with Gasteiger partial charge in [0, 0.05) is 33.6 Å². The summed E-state index contributed by atoms with van der Waals surface area (Å²) >= 11 is 0. The predicted molar refractivity (Wildman–Crippen MR) is 136 cm³/mol. The van der Waals surface area contributed by atoms with E-state index in [-0.39, 0.29) is 0 Å². The third-order valence-corrected chi connectivity index (χ3v) is 6.50. The molecule has 34 heavy (non-hydrogen) atoms. The molecule has 0 N–H and O–H groups in total. The number of furan rings is 1. The van der Waals surface area contributed by atoms with Crippen molar-refractivity contribution in [3.63, 3.8) is 0 Å². The monoisotopic (exact) mass is 435 g/mol. The van der Waals surface area contributed by atoms with Gasteiger partial charge >= 0.3 is 0 Å². The van der Waals surface area contributed by atoms with E-state index in [1.54, 1.807) is 12.3 Å². The molecular formula is C30H17N3O. The summed E-state index contributed by atoms with van der Waals surface area (Å²) in [7, 11) is 0. The number of nitrogens with zero attached hydrogens (tertiary/aromatic N) is 3. The van der Waals surface area contributed by atoms with Crippen molar-refractivity contribution < 1.29 is 4.42 Å². The Morgan fingerprint density at radius 1 is 0.706 bits per heavy atom. The summed E-state index contributed by atoms with van der Waals surface area (Å²) in [4.78, 5) is 4.24. The molecule has 158 valence electrons. The highest BCUT2D eigenvalue weighted by atomic mass is 16.3. The second-order valence-corrected chi connectivity index (χ2v) is 8.38. The lowest BCUT2D eigenvalue weighted by Crippen LogP contribution is -1.94. The van der Waals surface area contributed by atoms with Gasteiger partial charge in [0.15, 0.2) is 0 Å². The van der Waals surface area contributed by atoms with Gasteiger partial charge in [0.25, 0.3) is 0 Å². The smallest absolute Gasteiger partial charge is 0.145 e. The molecule has 0 saturated heterocycles. The summed E-state index contributed by atoms with van der Waals surface area (Å²) in [6.07, 6.45) is 1.75. The van der Waals surface area contributed by atoms with E-state index in [4.69, 9.17) is 9.68 Å². The molecule has 7 aromatic rings. The lowest BCUT2D eigenvalue weighted by atomic mass is 10.1. The zero-order valence-corrected chi connectivity index (χ0v) is 18.1. The molecule has 4 aromatic carbocycles. The maximum atomic E-state index is 9.07. The van der Waals surface area contributed by atoms with E-state index >= 15 is 0 Å². The van der Waals surface area contributed by atoms with Crippen molar-refractivity contribution in [2.24, 2.45) is 0 Å². The zero-order chi connectivity index (χ0) is 22.6. The van der Waals surface area contributed by atoms with Gasteiger partial charge in [-0.15, -0.1) is 0 Å². The van der Waals surface area contributed by atoms with Crippen LogP contribution >= 0.6 is 0 Å². The molecule has 4 nitrogen and oxygen atoms in total. The first-order chi connectivity index (χ1) is 16.8. The first-order valence-electron chi connectivity index (χ1n) is 11.1. The minimum atomic E-state index is 0.414. The molecule has 0 aliphatic rings. The van der Waals surface area contributed by atoms with Crippen molar-refractivity contribution in [3.8, 4) is 22.9 Å². The van der Waals surface area contributed by atoms with Gasteiger partial charge in [-0.1, -0.05) is 48.5 Å². The van der Waals surface area contributed by atoms with Gasteiger partial charge in [0.1, 0.15) is 22.9 Å². The van der Waals surface area contributed by atoms with Crippen molar-refractivity contribution in [2.75, 3.05) is 0 Å². The zero-order valence-electron chi connectivity index (χ0n) is 18.1. The Labute approximate surface area is 194 Å². The van der Waals surface area contributed by atoms with Crippen LogP contribution in [0.15, 0.2) is 108 Å². The number of benzene rings is 4. The summed E-state index contributed by atoms with van der Waals surface area (Å²) < 4.78 is 8.68. The molecule has 0 bridgehead atoms. The number of aromatic nitrogens is 2. The molecule has 3 aromatic heterocycles. The molecular weight excluding hydrogens is 418 g/mol. The molecule has 4 heteroatoms. The topological polar surface area (TPSA) is 54.8 Å². The number of hydrogen-bond donors (Lipinski definition) is 0. The second-order valence-electron chi connectivity index (χ2n) is 8.38. The Kier molecular flexibility index (Phi) is 3.88. The van der Waals surface area contributed by atoms with Crippen LogP contribution in [-0.4, -0.2) is 9.55 Å². The molecule has 0 aliphatic heterocycles. The Morgan fingerprint density at radius 2 is 1.56 bits per heavy atom. The number of pyridine rings is 1. The Bertz CT molecular complexity index is 1920. The molecule has 0 saturated carbocycles. The van der Waals surface area contributed by atoms with Crippen LogP contribution in [0.4, 0.5) is 0 Å². The number of rotatable bonds is 2. The third-order valence-electron chi connectivity index (χ3n) is 6.50. The second kappa shape index (κ2) is 7.06. The third kappa shape index (κ3) is 2.61. The van der Waals surface area contributed by atoms with E-state index in [1.807, 2.05) is 24.3 Å². The van der Waals surface area contributed by atoms with Gasteiger partial charge in [-0.3, -0.25) is 0 Å². The lowest BCUT2D eigenvalue weighted by molar-refractivity contribution is 0.673. The van der Waals surface area contributed by atoms with Crippen molar-refractivity contribution in [3.05, 3.63) is 109 Å². The summed E-state index contributed by atoms with van der Waals surface area (Å²) in [6, 6.07) is 35.2. The molecule has 7 rings (SSSR count). The molecule has 3 heterocycles. The normalized spacial score (nSPS) is 11.5. The molecule has 0 atom stereocenters. The van der Waals surface area contributed by atoms with E-state index in [0.717, 1.165) is 60.6 Å². The maximum Gasteiger partial charge on any atom is 0.145 e. The van der Waals surface area contributed by atoms with E-state index in [0.29, 0.717) is 5.69 Å². The fourth-order valence-electron chi connectivity index (χ4n) is 4.97. The standard InChI is InChI=1S/C30H17N3O/c31-17-21-13-12-20(18-32-21)19-6-5-7-22(16-19)33-26-10-3-1-9-25(26)29-27(33)15-14-24-23-8-2-4-11-28(23)34-30(24)29/h1-16,18H. The van der Waals surface area contributed by atoms with Crippen LogP contribution in [0.2, 0.25) is 0 Å². The van der Waals surface area contributed by atoms with Gasteiger partial charge in [-0.25, -0.2) is 4.98 Å². The fourth-order valence-corrected chi connectivity index (χ4v) is 4.97. The fraction of sp³-hybridized carbons (Fsp3) is 0. The van der Waals surface area contributed by atoms with E-state index in [2.05, 4.69) is 82.4 Å². The Balaban J connectivity index is 1.53. The van der Waals surface area contributed by atoms with Crippen molar-refractivity contribution in [1.29, 1.82) is 5.26 Å². The molecule has 0 unspecified atom stereocenters. The minimum Gasteiger partial charge on any atom is -0.455 e. The van der Waals surface area contributed by atoms with Crippen LogP contribution in [0, 0.1) is 11.3 Å². The molecule has 0 spiro atoms. The van der Waals surface area contributed by atoms with Crippen LogP contribution in [0.3, 0.4) is 0 Å². The minimum absolute atomic E-state index is 0.414. The largest absolute Gasteiger partial charge is 0.455 e. The van der Waals surface area contributed by atoms with Crippen molar-refractivity contribution in [1.82, 2.24) is 9.55 Å². The molecule has 0 radical (unpaired) electrons. The van der Waals surface area contributed by atoms with Gasteiger partial charge in [-0.2, -0.15) is 5.26 Å². The quantitative estimate of drug-likeness (QED) is 0.281. The highest BCUT2D eigenvalue weighted by molar-refractivity contribution is 6.23. The van der Waals surface area contributed by atoms with Crippen LogP contribution in [0.25, 0.3) is 60.6 Å². The average Bonchev–Trinajstić information content (AvgIpc) is 3.44. The molecule has 0 aliphatic carbocycles. The van der Waals surface area contributed by atoms with Gasteiger partial charge in [0.05, 0.1) is 16.4 Å². The van der Waals surface area contributed by atoms with Gasteiger partial charge < -0.3 is 8.98 Å². The number of nitriles is 1. The maximum absolute atomic E-state index is 9.07. The summed E-state index contributed by atoms with van der Waals surface area (Å²) in [6.45, 7) is 0. The Hall–Kier alpha value is -4.88. The van der Waals surface area contributed by atoms with E-state index in [9.17, 15) is 0 Å².